The van der Waals surface area contributed by atoms with E-state index in [4.69, 9.17) is 17.4 Å². The maximum Gasteiger partial charge on any atom is 0.295 e. The van der Waals surface area contributed by atoms with Crippen LogP contribution >= 0.6 is 0 Å². The summed E-state index contributed by atoms with van der Waals surface area (Å²) in [5, 5.41) is 0. The lowest BCUT2D eigenvalue weighted by Gasteiger charge is -2.02. The van der Waals surface area contributed by atoms with E-state index in [0.29, 0.717) is 0 Å². The zero-order chi connectivity index (χ0) is 10.8. The van der Waals surface area contributed by atoms with Crippen LogP contribution in [0.1, 0.15) is 11.1 Å². The number of hydrogen-bond acceptors (Lipinski definition) is 2. The Hall–Kier alpha value is -1.75. The van der Waals surface area contributed by atoms with E-state index in [1.165, 1.54) is 18.2 Å². The number of terminal acetylenes is 2. The first-order valence-electron chi connectivity index (χ1n) is 3.54. The van der Waals surface area contributed by atoms with Gasteiger partial charge in [-0.25, -0.2) is 0 Å². The number of benzene rings is 1. The van der Waals surface area contributed by atoms with Gasteiger partial charge >= 0.3 is 0 Å². The van der Waals surface area contributed by atoms with Crippen molar-refractivity contribution in [3.8, 4) is 24.7 Å². The Balaban J connectivity index is 3.66. The summed E-state index contributed by atoms with van der Waals surface area (Å²) >= 11 is 0. The SMILES string of the molecule is C#Cc1cccc(S(=O)(=O)O)c1C#C. The van der Waals surface area contributed by atoms with Gasteiger partial charge in [-0.3, -0.25) is 4.55 Å². The van der Waals surface area contributed by atoms with Gasteiger partial charge in [0.25, 0.3) is 10.1 Å². The van der Waals surface area contributed by atoms with Gasteiger partial charge in [0.15, 0.2) is 0 Å². The van der Waals surface area contributed by atoms with Gasteiger partial charge in [0.2, 0.25) is 0 Å². The van der Waals surface area contributed by atoms with E-state index in [0.717, 1.165) is 0 Å². The fraction of sp³-hybridized carbons (Fsp3) is 0. The minimum absolute atomic E-state index is 0.0116. The molecule has 0 fully saturated rings. The van der Waals surface area contributed by atoms with E-state index in [2.05, 4.69) is 11.8 Å². The van der Waals surface area contributed by atoms with Gasteiger partial charge in [0.1, 0.15) is 4.90 Å². The normalized spacial score (nSPS) is 10.2. The molecule has 70 valence electrons. The molecule has 3 nitrogen and oxygen atoms in total. The molecule has 1 aromatic rings. The third-order valence-electron chi connectivity index (χ3n) is 1.60. The molecule has 1 N–H and O–H groups in total. The minimum atomic E-state index is -4.32. The second kappa shape index (κ2) is 3.55. The highest BCUT2D eigenvalue weighted by Crippen LogP contribution is 2.17. The van der Waals surface area contributed by atoms with Gasteiger partial charge < -0.3 is 0 Å². The molecule has 0 saturated heterocycles. The second-order valence-electron chi connectivity index (χ2n) is 2.44. The molecule has 14 heavy (non-hydrogen) atoms. The highest BCUT2D eigenvalue weighted by molar-refractivity contribution is 7.85. The third kappa shape index (κ3) is 1.77. The molecule has 0 radical (unpaired) electrons. The van der Waals surface area contributed by atoms with E-state index >= 15 is 0 Å². The summed E-state index contributed by atoms with van der Waals surface area (Å²) in [6, 6.07) is 4.12. The fourth-order valence-corrected chi connectivity index (χ4v) is 1.69. The molecular formula is C10H6O3S. The van der Waals surface area contributed by atoms with E-state index < -0.39 is 10.1 Å². The molecule has 0 aliphatic heterocycles. The molecule has 0 unspecified atom stereocenters. The van der Waals surface area contributed by atoms with Crippen molar-refractivity contribution in [2.75, 3.05) is 0 Å². The summed E-state index contributed by atoms with van der Waals surface area (Å²) in [6.07, 6.45) is 10.2. The van der Waals surface area contributed by atoms with Crippen molar-refractivity contribution in [1.29, 1.82) is 0 Å². The van der Waals surface area contributed by atoms with Crippen LogP contribution in [0.15, 0.2) is 23.1 Å². The highest BCUT2D eigenvalue weighted by atomic mass is 32.2. The van der Waals surface area contributed by atoms with Crippen LogP contribution in [0.4, 0.5) is 0 Å². The van der Waals surface area contributed by atoms with Gasteiger partial charge in [0.05, 0.1) is 5.56 Å². The Morgan fingerprint density at radius 2 is 1.86 bits per heavy atom. The molecular weight excluding hydrogens is 200 g/mol. The fourth-order valence-electron chi connectivity index (χ4n) is 1.02. The molecule has 4 heteroatoms. The zero-order valence-corrected chi connectivity index (χ0v) is 7.88. The Morgan fingerprint density at radius 3 is 2.29 bits per heavy atom. The maximum absolute atomic E-state index is 10.9. The lowest BCUT2D eigenvalue weighted by Crippen LogP contribution is -2.02. The molecule has 0 aliphatic rings. The van der Waals surface area contributed by atoms with Gasteiger partial charge in [-0.15, -0.1) is 12.8 Å². The van der Waals surface area contributed by atoms with Crippen molar-refractivity contribution in [1.82, 2.24) is 0 Å². The predicted molar refractivity (Wildman–Crippen MR) is 52.1 cm³/mol. The first-order valence-corrected chi connectivity index (χ1v) is 4.98. The third-order valence-corrected chi connectivity index (χ3v) is 2.50. The largest absolute Gasteiger partial charge is 0.295 e. The molecule has 0 atom stereocenters. The molecule has 0 amide bonds. The van der Waals surface area contributed by atoms with Crippen molar-refractivity contribution >= 4 is 10.1 Å². The number of rotatable bonds is 1. The standard InChI is InChI=1S/C10H6O3S/c1-3-8-6-5-7-10(9(8)4-2)14(11,12)13/h1-2,5-7H,(H,11,12,13). The maximum atomic E-state index is 10.9. The van der Waals surface area contributed by atoms with Gasteiger partial charge in [-0.05, 0) is 12.1 Å². The van der Waals surface area contributed by atoms with Crippen LogP contribution in [0.25, 0.3) is 0 Å². The van der Waals surface area contributed by atoms with Crippen molar-refractivity contribution in [3.05, 3.63) is 29.3 Å². The van der Waals surface area contributed by atoms with Gasteiger partial charge in [0, 0.05) is 5.56 Å². The van der Waals surface area contributed by atoms with Crippen molar-refractivity contribution < 1.29 is 13.0 Å². The zero-order valence-electron chi connectivity index (χ0n) is 7.06. The van der Waals surface area contributed by atoms with Crippen LogP contribution in [0.5, 0.6) is 0 Å². The Bertz CT molecular complexity index is 542. The quantitative estimate of drug-likeness (QED) is 0.548. The highest BCUT2D eigenvalue weighted by Gasteiger charge is 2.15. The molecule has 0 bridgehead atoms. The molecule has 1 rings (SSSR count). The summed E-state index contributed by atoms with van der Waals surface area (Å²) in [7, 11) is -4.32. The van der Waals surface area contributed by atoms with Crippen LogP contribution in [0.2, 0.25) is 0 Å². The van der Waals surface area contributed by atoms with E-state index in [9.17, 15) is 8.42 Å². The van der Waals surface area contributed by atoms with Crippen molar-refractivity contribution in [2.24, 2.45) is 0 Å². The minimum Gasteiger partial charge on any atom is -0.282 e. The average molecular weight is 206 g/mol. The van der Waals surface area contributed by atoms with E-state index in [1.54, 1.807) is 0 Å². The summed E-state index contributed by atoms with van der Waals surface area (Å²) in [5.41, 5.74) is 0.278. The summed E-state index contributed by atoms with van der Waals surface area (Å²) in [6.45, 7) is 0. The number of hydrogen-bond donors (Lipinski definition) is 1. The Labute approximate surface area is 82.5 Å². The van der Waals surface area contributed by atoms with E-state index in [-0.39, 0.29) is 16.0 Å². The average Bonchev–Trinajstić information content (AvgIpc) is 2.15. The van der Waals surface area contributed by atoms with Gasteiger partial charge in [-0.2, -0.15) is 8.42 Å². The van der Waals surface area contributed by atoms with Crippen LogP contribution in [0.3, 0.4) is 0 Å². The Morgan fingerprint density at radius 1 is 1.21 bits per heavy atom. The first kappa shape index (κ1) is 10.3. The van der Waals surface area contributed by atoms with E-state index in [1.807, 2.05) is 0 Å². The molecule has 0 saturated carbocycles. The molecule has 0 aromatic heterocycles. The van der Waals surface area contributed by atoms with Crippen LogP contribution in [-0.4, -0.2) is 13.0 Å². The predicted octanol–water partition coefficient (Wildman–Crippen LogP) is 0.896. The molecule has 0 aliphatic carbocycles. The smallest absolute Gasteiger partial charge is 0.282 e. The molecule has 0 spiro atoms. The lowest BCUT2D eigenvalue weighted by molar-refractivity contribution is 0.483. The van der Waals surface area contributed by atoms with Crippen molar-refractivity contribution in [3.63, 3.8) is 0 Å². The summed E-state index contributed by atoms with van der Waals surface area (Å²) in [4.78, 5) is -0.338. The second-order valence-corrected chi connectivity index (χ2v) is 3.83. The Kier molecular flexibility index (Phi) is 2.62. The van der Waals surface area contributed by atoms with Crippen LogP contribution in [-0.2, 0) is 10.1 Å². The van der Waals surface area contributed by atoms with Crippen molar-refractivity contribution in [2.45, 2.75) is 4.90 Å². The monoisotopic (exact) mass is 206 g/mol. The molecule has 0 heterocycles. The van der Waals surface area contributed by atoms with Crippen LogP contribution < -0.4 is 0 Å². The van der Waals surface area contributed by atoms with Crippen LogP contribution in [0, 0.1) is 24.7 Å². The lowest BCUT2D eigenvalue weighted by atomic mass is 10.1. The summed E-state index contributed by atoms with van der Waals surface area (Å²) < 4.78 is 30.6. The summed E-state index contributed by atoms with van der Waals surface area (Å²) in [5.74, 6) is 4.38. The van der Waals surface area contributed by atoms with Gasteiger partial charge in [-0.1, -0.05) is 17.9 Å². The first-order chi connectivity index (χ1) is 6.50. The molecule has 1 aromatic carbocycles. The topological polar surface area (TPSA) is 54.4 Å².